The average molecular weight is 253 g/mol. The van der Waals surface area contributed by atoms with Crippen molar-refractivity contribution in [2.75, 3.05) is 0 Å². The normalized spacial score (nSPS) is 12.4. The Kier molecular flexibility index (Phi) is 4.39. The van der Waals surface area contributed by atoms with Crippen LogP contribution in [-0.4, -0.2) is 0 Å². The molecule has 1 unspecified atom stereocenters. The molecule has 0 saturated carbocycles. The minimum Gasteiger partial charge on any atom is -0.306 e. The first kappa shape index (κ1) is 13.8. The molecular weight excluding hydrogens is 230 g/mol. The van der Waals surface area contributed by atoms with Crippen LogP contribution >= 0.6 is 0 Å². The molecule has 0 spiro atoms. The lowest BCUT2D eigenvalue weighted by Gasteiger charge is -2.17. The molecule has 0 radical (unpaired) electrons. The average Bonchev–Trinajstić information content (AvgIpc) is 2.38. The van der Waals surface area contributed by atoms with Gasteiger partial charge in [0.05, 0.1) is 0 Å². The lowest BCUT2D eigenvalue weighted by atomic mass is 10.0. The lowest BCUT2D eigenvalue weighted by molar-refractivity contribution is 0.572. The van der Waals surface area contributed by atoms with Gasteiger partial charge in [0.15, 0.2) is 0 Å². The molecule has 0 aromatic heterocycles. The first-order valence-electron chi connectivity index (χ1n) is 6.93. The summed E-state index contributed by atoms with van der Waals surface area (Å²) in [7, 11) is 0. The Balaban J connectivity index is 2.04. The van der Waals surface area contributed by atoms with Gasteiger partial charge in [-0.3, -0.25) is 0 Å². The molecule has 1 nitrogen and oxygen atoms in total. The van der Waals surface area contributed by atoms with Crippen LogP contribution in [0.1, 0.15) is 40.8 Å². The molecule has 1 atom stereocenters. The van der Waals surface area contributed by atoms with E-state index in [9.17, 15) is 0 Å². The van der Waals surface area contributed by atoms with Crippen molar-refractivity contribution in [2.45, 2.75) is 40.3 Å². The van der Waals surface area contributed by atoms with Gasteiger partial charge in [0, 0.05) is 12.6 Å². The summed E-state index contributed by atoms with van der Waals surface area (Å²) in [4.78, 5) is 0. The third-order valence-electron chi connectivity index (χ3n) is 3.81. The standard InChI is InChI=1S/C18H23N/c1-13-8-10-17(11-9-13)16(4)19-12-18-14(2)6-5-7-15(18)3/h5-11,16,19H,12H2,1-4H3. The molecule has 100 valence electrons. The van der Waals surface area contributed by atoms with Crippen molar-refractivity contribution in [3.05, 3.63) is 70.3 Å². The van der Waals surface area contributed by atoms with Crippen LogP contribution in [0.2, 0.25) is 0 Å². The maximum Gasteiger partial charge on any atom is 0.0294 e. The minimum absolute atomic E-state index is 0.375. The van der Waals surface area contributed by atoms with Crippen molar-refractivity contribution in [1.82, 2.24) is 5.32 Å². The number of hydrogen-bond acceptors (Lipinski definition) is 1. The summed E-state index contributed by atoms with van der Waals surface area (Å²) >= 11 is 0. The Hall–Kier alpha value is -1.60. The Morgan fingerprint density at radius 2 is 1.47 bits per heavy atom. The zero-order valence-electron chi connectivity index (χ0n) is 12.3. The van der Waals surface area contributed by atoms with Gasteiger partial charge in [-0.1, -0.05) is 48.0 Å². The third kappa shape index (κ3) is 3.45. The SMILES string of the molecule is Cc1ccc(C(C)NCc2c(C)cccc2C)cc1. The van der Waals surface area contributed by atoms with Gasteiger partial charge in [0.1, 0.15) is 0 Å². The fourth-order valence-electron chi connectivity index (χ4n) is 2.36. The number of hydrogen-bond donors (Lipinski definition) is 1. The molecule has 19 heavy (non-hydrogen) atoms. The summed E-state index contributed by atoms with van der Waals surface area (Å²) in [5, 5.41) is 3.62. The van der Waals surface area contributed by atoms with Gasteiger partial charge in [0.2, 0.25) is 0 Å². The van der Waals surface area contributed by atoms with Gasteiger partial charge >= 0.3 is 0 Å². The van der Waals surface area contributed by atoms with Crippen molar-refractivity contribution in [1.29, 1.82) is 0 Å². The van der Waals surface area contributed by atoms with E-state index in [2.05, 4.69) is 75.5 Å². The summed E-state index contributed by atoms with van der Waals surface area (Å²) in [6, 6.07) is 15.6. The van der Waals surface area contributed by atoms with Crippen LogP contribution < -0.4 is 5.32 Å². The van der Waals surface area contributed by atoms with Gasteiger partial charge in [-0.15, -0.1) is 0 Å². The first-order chi connectivity index (χ1) is 9.08. The molecule has 1 N–H and O–H groups in total. The predicted molar refractivity (Wildman–Crippen MR) is 82.3 cm³/mol. The second-order valence-electron chi connectivity index (χ2n) is 5.38. The second kappa shape index (κ2) is 6.03. The Labute approximate surface area is 116 Å². The van der Waals surface area contributed by atoms with Gasteiger partial charge in [0.25, 0.3) is 0 Å². The van der Waals surface area contributed by atoms with Gasteiger partial charge < -0.3 is 5.32 Å². The summed E-state index contributed by atoms with van der Waals surface area (Å²) in [5.41, 5.74) is 6.80. The van der Waals surface area contributed by atoms with Crippen molar-refractivity contribution in [3.8, 4) is 0 Å². The van der Waals surface area contributed by atoms with Crippen LogP contribution in [0, 0.1) is 20.8 Å². The quantitative estimate of drug-likeness (QED) is 0.848. The third-order valence-corrected chi connectivity index (χ3v) is 3.81. The number of aryl methyl sites for hydroxylation is 3. The highest BCUT2D eigenvalue weighted by Gasteiger charge is 2.07. The van der Waals surface area contributed by atoms with E-state index in [0.717, 1.165) is 6.54 Å². The summed E-state index contributed by atoms with van der Waals surface area (Å²) in [6.07, 6.45) is 0. The molecule has 0 saturated heterocycles. The van der Waals surface area contributed by atoms with Crippen molar-refractivity contribution < 1.29 is 0 Å². The highest BCUT2D eigenvalue weighted by atomic mass is 14.9. The molecular formula is C18H23N. The molecule has 1 heteroatoms. The molecule has 0 heterocycles. The molecule has 2 aromatic rings. The van der Waals surface area contributed by atoms with Crippen LogP contribution in [0.15, 0.2) is 42.5 Å². The van der Waals surface area contributed by atoms with Gasteiger partial charge in [-0.2, -0.15) is 0 Å². The molecule has 0 bridgehead atoms. The zero-order chi connectivity index (χ0) is 13.8. The Bertz CT molecular complexity index is 520. The second-order valence-corrected chi connectivity index (χ2v) is 5.38. The number of rotatable bonds is 4. The van der Waals surface area contributed by atoms with E-state index in [0.29, 0.717) is 6.04 Å². The minimum atomic E-state index is 0.375. The smallest absolute Gasteiger partial charge is 0.0294 e. The van der Waals surface area contributed by atoms with E-state index < -0.39 is 0 Å². The maximum atomic E-state index is 3.62. The van der Waals surface area contributed by atoms with Crippen LogP contribution in [0.25, 0.3) is 0 Å². The summed E-state index contributed by atoms with van der Waals surface area (Å²) in [6.45, 7) is 9.63. The Morgan fingerprint density at radius 1 is 0.895 bits per heavy atom. The van der Waals surface area contributed by atoms with Gasteiger partial charge in [-0.05, 0) is 49.9 Å². The van der Waals surface area contributed by atoms with Crippen LogP contribution in [0.5, 0.6) is 0 Å². The molecule has 0 fully saturated rings. The predicted octanol–water partition coefficient (Wildman–Crippen LogP) is 4.46. The van der Waals surface area contributed by atoms with Crippen molar-refractivity contribution >= 4 is 0 Å². The Morgan fingerprint density at radius 3 is 2.05 bits per heavy atom. The largest absolute Gasteiger partial charge is 0.306 e. The van der Waals surface area contributed by atoms with Crippen molar-refractivity contribution in [3.63, 3.8) is 0 Å². The van der Waals surface area contributed by atoms with Gasteiger partial charge in [-0.25, -0.2) is 0 Å². The summed E-state index contributed by atoms with van der Waals surface area (Å²) < 4.78 is 0. The fraction of sp³-hybridized carbons (Fsp3) is 0.333. The van der Waals surface area contributed by atoms with E-state index in [-0.39, 0.29) is 0 Å². The molecule has 0 aliphatic rings. The van der Waals surface area contributed by atoms with E-state index in [4.69, 9.17) is 0 Å². The fourth-order valence-corrected chi connectivity index (χ4v) is 2.36. The number of nitrogens with one attached hydrogen (secondary N) is 1. The van der Waals surface area contributed by atoms with Crippen LogP contribution in [-0.2, 0) is 6.54 Å². The number of benzene rings is 2. The molecule has 0 aliphatic heterocycles. The van der Waals surface area contributed by atoms with E-state index in [1.165, 1.54) is 27.8 Å². The van der Waals surface area contributed by atoms with E-state index in [1.807, 2.05) is 0 Å². The lowest BCUT2D eigenvalue weighted by Crippen LogP contribution is -2.19. The van der Waals surface area contributed by atoms with Crippen LogP contribution in [0.3, 0.4) is 0 Å². The highest BCUT2D eigenvalue weighted by molar-refractivity contribution is 5.33. The summed E-state index contributed by atoms with van der Waals surface area (Å²) in [5.74, 6) is 0. The molecule has 0 aliphatic carbocycles. The monoisotopic (exact) mass is 253 g/mol. The van der Waals surface area contributed by atoms with Crippen molar-refractivity contribution in [2.24, 2.45) is 0 Å². The van der Waals surface area contributed by atoms with Crippen LogP contribution in [0.4, 0.5) is 0 Å². The zero-order valence-corrected chi connectivity index (χ0v) is 12.3. The van der Waals surface area contributed by atoms with E-state index >= 15 is 0 Å². The molecule has 2 aromatic carbocycles. The molecule has 0 amide bonds. The highest BCUT2D eigenvalue weighted by Crippen LogP contribution is 2.17. The van der Waals surface area contributed by atoms with E-state index in [1.54, 1.807) is 0 Å². The molecule has 2 rings (SSSR count). The maximum absolute atomic E-state index is 3.62. The first-order valence-corrected chi connectivity index (χ1v) is 6.93. The topological polar surface area (TPSA) is 12.0 Å².